The maximum Gasteiger partial charge on any atom is 0.278 e. The van der Waals surface area contributed by atoms with Crippen molar-refractivity contribution in [2.75, 3.05) is 10.6 Å². The van der Waals surface area contributed by atoms with Gasteiger partial charge in [0.2, 0.25) is 11.8 Å². The van der Waals surface area contributed by atoms with Gasteiger partial charge in [-0.05, 0) is 70.0 Å². The first-order chi connectivity index (χ1) is 17.1. The Hall–Kier alpha value is -4.26. The van der Waals surface area contributed by atoms with E-state index in [0.29, 0.717) is 22.3 Å². The lowest BCUT2D eigenvalue weighted by Crippen LogP contribution is -2.33. The number of hydrogen-bond donors (Lipinski definition) is 2. The molecule has 3 aromatic carbocycles. The van der Waals surface area contributed by atoms with Gasteiger partial charge in [-0.3, -0.25) is 19.0 Å². The van der Waals surface area contributed by atoms with Crippen LogP contribution in [0, 0.1) is 27.7 Å². The van der Waals surface area contributed by atoms with Crippen LogP contribution in [0.15, 0.2) is 59.4 Å². The minimum atomic E-state index is -0.821. The van der Waals surface area contributed by atoms with Crippen LogP contribution in [0.2, 0.25) is 0 Å². The largest absolute Gasteiger partial charge is 0.326 e. The van der Waals surface area contributed by atoms with Gasteiger partial charge in [0.1, 0.15) is 11.7 Å². The van der Waals surface area contributed by atoms with Crippen molar-refractivity contribution in [1.29, 1.82) is 0 Å². The molecule has 1 unspecified atom stereocenters. The maximum atomic E-state index is 13.9. The summed E-state index contributed by atoms with van der Waals surface area (Å²) in [4.78, 5) is 43.9. The lowest BCUT2D eigenvalue weighted by molar-refractivity contribution is -0.118. The predicted octanol–water partition coefficient (Wildman–Crippen LogP) is 5.46. The Morgan fingerprint density at radius 2 is 1.56 bits per heavy atom. The van der Waals surface area contributed by atoms with E-state index < -0.39 is 11.6 Å². The summed E-state index contributed by atoms with van der Waals surface area (Å²) >= 11 is 0. The van der Waals surface area contributed by atoms with Gasteiger partial charge in [0.15, 0.2) is 0 Å². The van der Waals surface area contributed by atoms with Gasteiger partial charge in [-0.1, -0.05) is 41.5 Å². The van der Waals surface area contributed by atoms with E-state index in [0.717, 1.165) is 27.9 Å². The van der Waals surface area contributed by atoms with Crippen molar-refractivity contribution in [3.8, 4) is 11.3 Å². The van der Waals surface area contributed by atoms with Gasteiger partial charge in [0.25, 0.3) is 5.56 Å². The number of carbonyl (C=O) groups is 2. The lowest BCUT2D eigenvalue weighted by Gasteiger charge is -2.21. The van der Waals surface area contributed by atoms with Crippen LogP contribution in [0.1, 0.15) is 42.1 Å². The molecule has 0 saturated carbocycles. The fourth-order valence-corrected chi connectivity index (χ4v) is 4.59. The second kappa shape index (κ2) is 9.77. The molecule has 0 spiro atoms. The molecule has 0 fully saturated rings. The van der Waals surface area contributed by atoms with Gasteiger partial charge >= 0.3 is 0 Å². The molecule has 2 amide bonds. The number of nitrogens with one attached hydrogen (secondary N) is 2. The molecule has 0 aliphatic rings. The number of fused-ring (bicyclic) bond motifs is 1. The third kappa shape index (κ3) is 4.77. The topological polar surface area (TPSA) is 93.1 Å². The van der Waals surface area contributed by atoms with E-state index in [1.54, 1.807) is 19.1 Å². The Labute approximate surface area is 210 Å². The first-order valence-electron chi connectivity index (χ1n) is 11.9. The summed E-state index contributed by atoms with van der Waals surface area (Å²) in [6.07, 6.45) is 0. The molecule has 0 bridgehead atoms. The zero-order valence-electron chi connectivity index (χ0n) is 21.4. The fraction of sp³-hybridized carbons (Fsp3) is 0.241. The van der Waals surface area contributed by atoms with E-state index in [2.05, 4.69) is 15.6 Å². The van der Waals surface area contributed by atoms with Gasteiger partial charge in [0.05, 0.1) is 16.7 Å². The van der Waals surface area contributed by atoms with E-state index in [1.165, 1.54) is 11.5 Å². The van der Waals surface area contributed by atoms with Crippen molar-refractivity contribution in [3.05, 3.63) is 87.2 Å². The number of aromatic nitrogens is 2. The maximum absolute atomic E-state index is 13.9. The van der Waals surface area contributed by atoms with E-state index in [9.17, 15) is 14.4 Å². The molecule has 0 radical (unpaired) electrons. The molecule has 0 aliphatic carbocycles. The zero-order chi connectivity index (χ0) is 26.1. The smallest absolute Gasteiger partial charge is 0.278 e. The third-order valence-corrected chi connectivity index (χ3v) is 6.23. The lowest BCUT2D eigenvalue weighted by atomic mass is 10.0. The zero-order valence-corrected chi connectivity index (χ0v) is 21.4. The number of benzene rings is 3. The number of aryl methyl sites for hydroxylation is 4. The van der Waals surface area contributed by atoms with Crippen LogP contribution < -0.4 is 16.2 Å². The molecule has 7 heteroatoms. The second-order valence-electron chi connectivity index (χ2n) is 9.29. The second-order valence-corrected chi connectivity index (χ2v) is 9.29. The third-order valence-electron chi connectivity index (χ3n) is 6.23. The normalized spacial score (nSPS) is 11.8. The quantitative estimate of drug-likeness (QED) is 0.395. The molecule has 2 N–H and O–H groups in total. The van der Waals surface area contributed by atoms with Crippen LogP contribution in [0.4, 0.5) is 11.4 Å². The van der Waals surface area contributed by atoms with Crippen LogP contribution in [0.25, 0.3) is 22.3 Å². The molecule has 1 aromatic heterocycles. The van der Waals surface area contributed by atoms with E-state index in [1.807, 2.05) is 70.2 Å². The summed E-state index contributed by atoms with van der Waals surface area (Å²) in [5, 5.41) is 5.81. The van der Waals surface area contributed by atoms with Gasteiger partial charge in [0, 0.05) is 18.2 Å². The standard InChI is InChI=1S/C29H30N4O3/c1-16-11-12-23(30-21(6)34)22(15-16)27-29(36)33(25-10-8-7-9-24(25)31-27)20(5)28(35)32-26-18(3)13-17(2)14-19(26)4/h7-15,20H,1-6H3,(H,30,34)(H,32,35). The van der Waals surface area contributed by atoms with Gasteiger partial charge in [-0.2, -0.15) is 0 Å². The molecular formula is C29H30N4O3. The van der Waals surface area contributed by atoms with Crippen molar-refractivity contribution in [3.63, 3.8) is 0 Å². The van der Waals surface area contributed by atoms with Crippen LogP contribution in [-0.4, -0.2) is 21.4 Å². The number of rotatable bonds is 5. The van der Waals surface area contributed by atoms with Crippen molar-refractivity contribution < 1.29 is 9.59 Å². The molecule has 7 nitrogen and oxygen atoms in total. The van der Waals surface area contributed by atoms with Crippen LogP contribution in [0.5, 0.6) is 0 Å². The Morgan fingerprint density at radius 3 is 2.22 bits per heavy atom. The van der Waals surface area contributed by atoms with E-state index in [4.69, 9.17) is 0 Å². The molecule has 36 heavy (non-hydrogen) atoms. The summed E-state index contributed by atoms with van der Waals surface area (Å²) in [6, 6.07) is 15.9. The van der Waals surface area contributed by atoms with Crippen LogP contribution in [-0.2, 0) is 9.59 Å². The number of amides is 2. The van der Waals surface area contributed by atoms with Crippen LogP contribution in [0.3, 0.4) is 0 Å². The summed E-state index contributed by atoms with van der Waals surface area (Å²) in [7, 11) is 0. The molecule has 184 valence electrons. The molecule has 0 aliphatic heterocycles. The minimum Gasteiger partial charge on any atom is -0.326 e. The average molecular weight is 483 g/mol. The minimum absolute atomic E-state index is 0.170. The van der Waals surface area contributed by atoms with Crippen molar-refractivity contribution in [1.82, 2.24) is 9.55 Å². The van der Waals surface area contributed by atoms with Gasteiger partial charge in [-0.25, -0.2) is 4.98 Å². The first-order valence-corrected chi connectivity index (χ1v) is 11.9. The molecular weight excluding hydrogens is 452 g/mol. The Bertz CT molecular complexity index is 1550. The van der Waals surface area contributed by atoms with E-state index in [-0.39, 0.29) is 17.5 Å². The highest BCUT2D eigenvalue weighted by molar-refractivity contribution is 5.97. The predicted molar refractivity (Wildman–Crippen MR) is 144 cm³/mol. The molecule has 4 rings (SSSR count). The van der Waals surface area contributed by atoms with Crippen LogP contribution >= 0.6 is 0 Å². The highest BCUT2D eigenvalue weighted by atomic mass is 16.2. The fourth-order valence-electron chi connectivity index (χ4n) is 4.59. The monoisotopic (exact) mass is 482 g/mol. The molecule has 1 heterocycles. The number of carbonyl (C=O) groups excluding carboxylic acids is 2. The number of para-hydroxylation sites is 2. The molecule has 4 aromatic rings. The Kier molecular flexibility index (Phi) is 6.75. The Morgan fingerprint density at radius 1 is 0.889 bits per heavy atom. The highest BCUT2D eigenvalue weighted by Gasteiger charge is 2.24. The number of hydrogen-bond acceptors (Lipinski definition) is 4. The average Bonchev–Trinajstić information content (AvgIpc) is 2.81. The van der Waals surface area contributed by atoms with Crippen molar-refractivity contribution in [2.24, 2.45) is 0 Å². The van der Waals surface area contributed by atoms with Crippen molar-refractivity contribution in [2.45, 2.75) is 47.6 Å². The number of nitrogens with zero attached hydrogens (tertiary/aromatic N) is 2. The summed E-state index contributed by atoms with van der Waals surface area (Å²) in [6.45, 7) is 10.9. The summed E-state index contributed by atoms with van der Waals surface area (Å²) in [5.74, 6) is -0.557. The highest BCUT2D eigenvalue weighted by Crippen LogP contribution is 2.29. The van der Waals surface area contributed by atoms with Gasteiger partial charge < -0.3 is 10.6 Å². The number of anilines is 2. The van der Waals surface area contributed by atoms with Crippen molar-refractivity contribution >= 4 is 34.2 Å². The first kappa shape index (κ1) is 24.9. The summed E-state index contributed by atoms with van der Waals surface area (Å²) < 4.78 is 1.48. The molecule has 1 atom stereocenters. The summed E-state index contributed by atoms with van der Waals surface area (Å²) in [5.41, 5.74) is 6.58. The molecule has 0 saturated heterocycles. The SMILES string of the molecule is CC(=O)Nc1ccc(C)cc1-c1nc2ccccc2n(C(C)C(=O)Nc2c(C)cc(C)cc2C)c1=O. The Balaban J connectivity index is 1.88. The van der Waals surface area contributed by atoms with Gasteiger partial charge in [-0.15, -0.1) is 0 Å². The van der Waals surface area contributed by atoms with E-state index >= 15 is 0 Å².